The molecule has 1 aromatic heterocycles. The molecule has 0 amide bonds. The highest BCUT2D eigenvalue weighted by molar-refractivity contribution is 5.70. The van der Waals surface area contributed by atoms with Gasteiger partial charge in [0.05, 0.1) is 12.3 Å². The molecule has 0 aliphatic rings. The van der Waals surface area contributed by atoms with E-state index < -0.39 is 0 Å². The van der Waals surface area contributed by atoms with Crippen molar-refractivity contribution in [2.75, 3.05) is 12.1 Å². The van der Waals surface area contributed by atoms with Crippen LogP contribution in [-0.4, -0.2) is 11.6 Å². The molecule has 0 atom stereocenters. The second-order valence-corrected chi connectivity index (χ2v) is 3.44. The first-order valence-electron chi connectivity index (χ1n) is 5.80. The Morgan fingerprint density at radius 3 is 2.31 bits per heavy atom. The van der Waals surface area contributed by atoms with Gasteiger partial charge in [-0.3, -0.25) is 10.3 Å². The third-order valence-electron chi connectivity index (χ3n) is 2.18. The Labute approximate surface area is 98.9 Å². The van der Waals surface area contributed by atoms with Crippen LogP contribution in [0.5, 0.6) is 0 Å². The van der Waals surface area contributed by atoms with E-state index >= 15 is 0 Å². The van der Waals surface area contributed by atoms with Gasteiger partial charge in [0, 0.05) is 11.4 Å². The number of hydrogen-bond acceptors (Lipinski definition) is 2. The third kappa shape index (κ3) is 3.42. The summed E-state index contributed by atoms with van der Waals surface area (Å²) in [5, 5.41) is 0. The number of allylic oxidation sites excluding steroid dienone is 1. The summed E-state index contributed by atoms with van der Waals surface area (Å²) >= 11 is 0. The van der Waals surface area contributed by atoms with E-state index in [0.717, 1.165) is 28.2 Å². The minimum absolute atomic E-state index is 0.645. The minimum atomic E-state index is 0.645. The number of aromatic amines is 1. The molecule has 0 aromatic carbocycles. The Balaban J connectivity index is 0.00000106. The molecule has 0 saturated heterocycles. The molecule has 1 rings (SSSR count). The van der Waals surface area contributed by atoms with Crippen molar-refractivity contribution >= 4 is 11.3 Å². The molecule has 1 heterocycles. The summed E-state index contributed by atoms with van der Waals surface area (Å²) in [6, 6.07) is 0. The largest absolute Gasteiger partial charge is 0.357 e. The first-order valence-corrected chi connectivity index (χ1v) is 5.80. The first-order chi connectivity index (χ1) is 7.57. The fourth-order valence-corrected chi connectivity index (χ4v) is 1.47. The van der Waals surface area contributed by atoms with E-state index in [9.17, 15) is 0 Å². The number of H-pyrrole nitrogens is 1. The van der Waals surface area contributed by atoms with Crippen LogP contribution < -0.4 is 5.48 Å². The van der Waals surface area contributed by atoms with Crippen LogP contribution in [0.15, 0.2) is 6.58 Å². The van der Waals surface area contributed by atoms with Gasteiger partial charge in [-0.2, -0.15) is 0 Å². The highest BCUT2D eigenvalue weighted by atomic mass is 16.6. The fourth-order valence-electron chi connectivity index (χ4n) is 1.47. The molecule has 3 heteroatoms. The third-order valence-corrected chi connectivity index (χ3v) is 2.18. The number of anilines is 1. The normalized spacial score (nSPS) is 9.38. The monoisotopic (exact) mass is 224 g/mol. The van der Waals surface area contributed by atoms with Gasteiger partial charge in [0.25, 0.3) is 0 Å². The van der Waals surface area contributed by atoms with E-state index in [4.69, 9.17) is 4.84 Å². The molecule has 0 saturated carbocycles. The Hall–Kier alpha value is -1.22. The second kappa shape index (κ2) is 7.12. The van der Waals surface area contributed by atoms with E-state index in [0.29, 0.717) is 6.61 Å². The number of hydrogen-bond donors (Lipinski definition) is 2. The molecular formula is C13H24N2O. The molecule has 16 heavy (non-hydrogen) atoms. The molecule has 0 bridgehead atoms. The Morgan fingerprint density at radius 2 is 1.94 bits per heavy atom. The van der Waals surface area contributed by atoms with Crippen molar-refractivity contribution in [2.45, 2.75) is 41.5 Å². The molecule has 3 nitrogen and oxygen atoms in total. The van der Waals surface area contributed by atoms with Crippen LogP contribution in [0.2, 0.25) is 0 Å². The van der Waals surface area contributed by atoms with E-state index in [1.54, 1.807) is 0 Å². The molecule has 0 spiro atoms. The van der Waals surface area contributed by atoms with Gasteiger partial charge in [-0.25, -0.2) is 0 Å². The molecule has 0 radical (unpaired) electrons. The fraction of sp³-hybridized carbons (Fsp3) is 0.538. The van der Waals surface area contributed by atoms with Crippen molar-refractivity contribution < 1.29 is 4.84 Å². The average Bonchev–Trinajstić information content (AvgIpc) is 2.55. The lowest BCUT2D eigenvalue weighted by Gasteiger charge is -2.05. The van der Waals surface area contributed by atoms with Gasteiger partial charge in [0.15, 0.2) is 0 Å². The van der Waals surface area contributed by atoms with Gasteiger partial charge in [-0.05, 0) is 38.8 Å². The van der Waals surface area contributed by atoms with Crippen LogP contribution >= 0.6 is 0 Å². The zero-order chi connectivity index (χ0) is 12.7. The predicted molar refractivity (Wildman–Crippen MR) is 71.6 cm³/mol. The number of nitrogens with one attached hydrogen (secondary N) is 2. The van der Waals surface area contributed by atoms with Gasteiger partial charge in [0.1, 0.15) is 0 Å². The van der Waals surface area contributed by atoms with Crippen LogP contribution in [0.25, 0.3) is 5.57 Å². The summed E-state index contributed by atoms with van der Waals surface area (Å²) in [6.45, 7) is 16.6. The van der Waals surface area contributed by atoms with Gasteiger partial charge >= 0.3 is 0 Å². The Bertz CT molecular complexity index is 340. The Morgan fingerprint density at radius 1 is 1.38 bits per heavy atom. The maximum absolute atomic E-state index is 5.17. The van der Waals surface area contributed by atoms with Crippen molar-refractivity contribution in [3.8, 4) is 0 Å². The topological polar surface area (TPSA) is 37.0 Å². The maximum atomic E-state index is 5.17. The first kappa shape index (κ1) is 14.8. The standard InChI is InChI=1S/C11H18N2O.C2H6/c1-6-14-13-11-8(4)10(7(2)3)12-9(11)5;1-2/h12-13H,2,6H2,1,3-5H3;1-2H3. The summed E-state index contributed by atoms with van der Waals surface area (Å²) in [4.78, 5) is 8.45. The van der Waals surface area contributed by atoms with E-state index in [1.165, 1.54) is 0 Å². The van der Waals surface area contributed by atoms with Crippen LogP contribution in [0.1, 0.15) is 44.6 Å². The van der Waals surface area contributed by atoms with E-state index in [1.807, 2.05) is 34.6 Å². The van der Waals surface area contributed by atoms with Gasteiger partial charge in [-0.1, -0.05) is 20.4 Å². The average molecular weight is 224 g/mol. The highest BCUT2D eigenvalue weighted by Crippen LogP contribution is 2.27. The molecule has 0 fully saturated rings. The van der Waals surface area contributed by atoms with Gasteiger partial charge < -0.3 is 4.98 Å². The lowest BCUT2D eigenvalue weighted by atomic mass is 10.1. The van der Waals surface area contributed by atoms with Gasteiger partial charge in [0.2, 0.25) is 0 Å². The lowest BCUT2D eigenvalue weighted by molar-refractivity contribution is 0.210. The maximum Gasteiger partial charge on any atom is 0.0844 e. The van der Waals surface area contributed by atoms with Crippen molar-refractivity contribution in [2.24, 2.45) is 0 Å². The van der Waals surface area contributed by atoms with E-state index in [2.05, 4.69) is 24.0 Å². The quantitative estimate of drug-likeness (QED) is 0.757. The van der Waals surface area contributed by atoms with Crippen LogP contribution in [0.3, 0.4) is 0 Å². The Kier molecular flexibility index (Phi) is 6.58. The number of rotatable bonds is 4. The zero-order valence-corrected chi connectivity index (χ0v) is 11.3. The van der Waals surface area contributed by atoms with Crippen LogP contribution in [0.4, 0.5) is 5.69 Å². The van der Waals surface area contributed by atoms with Crippen LogP contribution in [0, 0.1) is 13.8 Å². The number of aromatic nitrogens is 1. The lowest BCUT2D eigenvalue weighted by Crippen LogP contribution is -2.01. The minimum Gasteiger partial charge on any atom is -0.357 e. The molecule has 1 aromatic rings. The summed E-state index contributed by atoms with van der Waals surface area (Å²) in [5.74, 6) is 0. The summed E-state index contributed by atoms with van der Waals surface area (Å²) in [5.41, 5.74) is 8.31. The molecule has 0 unspecified atom stereocenters. The van der Waals surface area contributed by atoms with E-state index in [-0.39, 0.29) is 0 Å². The van der Waals surface area contributed by atoms with Crippen molar-refractivity contribution in [3.05, 3.63) is 23.5 Å². The highest BCUT2D eigenvalue weighted by Gasteiger charge is 2.11. The smallest absolute Gasteiger partial charge is 0.0844 e. The number of aryl methyl sites for hydroxylation is 1. The van der Waals surface area contributed by atoms with Crippen LogP contribution in [-0.2, 0) is 4.84 Å². The molecule has 0 aliphatic heterocycles. The predicted octanol–water partition coefficient (Wildman–Crippen LogP) is 4.05. The van der Waals surface area contributed by atoms with Gasteiger partial charge in [-0.15, -0.1) is 0 Å². The molecule has 2 N–H and O–H groups in total. The van der Waals surface area contributed by atoms with Crippen molar-refractivity contribution in [1.29, 1.82) is 0 Å². The summed E-state index contributed by atoms with van der Waals surface area (Å²) in [6.07, 6.45) is 0. The second-order valence-electron chi connectivity index (χ2n) is 3.44. The van der Waals surface area contributed by atoms with Crippen molar-refractivity contribution in [1.82, 2.24) is 4.98 Å². The summed E-state index contributed by atoms with van der Waals surface area (Å²) < 4.78 is 0. The molecule has 92 valence electrons. The zero-order valence-electron chi connectivity index (χ0n) is 11.3. The van der Waals surface area contributed by atoms with Crippen molar-refractivity contribution in [3.63, 3.8) is 0 Å². The molecular weight excluding hydrogens is 200 g/mol. The molecule has 0 aliphatic carbocycles. The summed E-state index contributed by atoms with van der Waals surface area (Å²) in [7, 11) is 0. The SMILES string of the molecule is C=C(C)c1[nH]c(C)c(NOCC)c1C.CC.